The van der Waals surface area contributed by atoms with E-state index in [1.807, 2.05) is 54.0 Å². The Labute approximate surface area is 229 Å². The number of Topliss-reactive ketones (excluding diaryl/α,β-unsaturated/α-hetero) is 1. The first-order valence-corrected chi connectivity index (χ1v) is 12.5. The van der Waals surface area contributed by atoms with Crippen molar-refractivity contribution in [2.24, 2.45) is 0 Å². The van der Waals surface area contributed by atoms with Crippen LogP contribution in [0.2, 0.25) is 10.0 Å². The molecule has 5 rings (SSSR count). The van der Waals surface area contributed by atoms with E-state index in [0.29, 0.717) is 38.2 Å². The Kier molecular flexibility index (Phi) is 6.58. The number of nitrogens with two attached hydrogens (primary N) is 1. The number of anilines is 1. The monoisotopic (exact) mass is 540 g/mol. The number of carbonyl (C=O) groups excluding carboxylic acids is 1. The summed E-state index contributed by atoms with van der Waals surface area (Å²) >= 11 is 12.2. The van der Waals surface area contributed by atoms with Crippen LogP contribution in [0.5, 0.6) is 5.75 Å². The van der Waals surface area contributed by atoms with Crippen molar-refractivity contribution < 1.29 is 9.53 Å². The van der Waals surface area contributed by atoms with Gasteiger partial charge in [-0.3, -0.25) is 4.79 Å². The van der Waals surface area contributed by atoms with Gasteiger partial charge < -0.3 is 15.0 Å². The summed E-state index contributed by atoms with van der Waals surface area (Å²) in [4.78, 5) is 17.3. The van der Waals surface area contributed by atoms with Gasteiger partial charge in [-0.1, -0.05) is 35.3 Å². The van der Waals surface area contributed by atoms with Gasteiger partial charge in [-0.15, -0.1) is 0 Å². The highest BCUT2D eigenvalue weighted by Crippen LogP contribution is 2.40. The normalized spacial score (nSPS) is 10.9. The van der Waals surface area contributed by atoms with E-state index in [9.17, 15) is 10.1 Å². The summed E-state index contributed by atoms with van der Waals surface area (Å²) in [5.74, 6) is 0.568. The van der Waals surface area contributed by atoms with Crippen LogP contribution in [0.4, 0.5) is 5.82 Å². The van der Waals surface area contributed by atoms with Gasteiger partial charge in [0.2, 0.25) is 0 Å². The largest absolute Gasteiger partial charge is 0.496 e. The molecule has 0 radical (unpaired) electrons. The van der Waals surface area contributed by atoms with Gasteiger partial charge in [0.25, 0.3) is 0 Å². The molecule has 0 aliphatic rings. The van der Waals surface area contributed by atoms with Crippen molar-refractivity contribution in [2.45, 2.75) is 13.8 Å². The average Bonchev–Trinajstić information content (AvgIpc) is 3.19. The van der Waals surface area contributed by atoms with Gasteiger partial charge in [0.15, 0.2) is 5.78 Å². The summed E-state index contributed by atoms with van der Waals surface area (Å²) in [6.45, 7) is 3.46. The van der Waals surface area contributed by atoms with E-state index in [1.54, 1.807) is 38.3 Å². The molecule has 0 atom stereocenters. The highest BCUT2D eigenvalue weighted by Gasteiger charge is 2.23. The number of benzene rings is 3. The first-order chi connectivity index (χ1) is 18.2. The molecule has 0 spiro atoms. The van der Waals surface area contributed by atoms with Gasteiger partial charge in [0.05, 0.1) is 18.3 Å². The topological polar surface area (TPSA) is 93.9 Å². The second-order valence-electron chi connectivity index (χ2n) is 8.83. The van der Waals surface area contributed by atoms with Crippen molar-refractivity contribution in [3.05, 3.63) is 93.6 Å². The zero-order valence-corrected chi connectivity index (χ0v) is 22.4. The lowest BCUT2D eigenvalue weighted by molar-refractivity contribution is 0.101. The third-order valence-corrected chi connectivity index (χ3v) is 7.06. The van der Waals surface area contributed by atoms with Gasteiger partial charge in [-0.2, -0.15) is 5.26 Å². The molecule has 0 bridgehead atoms. The van der Waals surface area contributed by atoms with E-state index >= 15 is 0 Å². The van der Waals surface area contributed by atoms with Crippen LogP contribution < -0.4 is 10.5 Å². The third-order valence-electron chi connectivity index (χ3n) is 6.55. The number of fused-ring (bicyclic) bond motifs is 1. The minimum atomic E-state index is -0.0548. The zero-order valence-electron chi connectivity index (χ0n) is 20.8. The number of carbonyl (C=O) groups is 1. The zero-order chi connectivity index (χ0) is 27.1. The minimum absolute atomic E-state index is 0.0548. The Hall–Kier alpha value is -4.31. The van der Waals surface area contributed by atoms with Crippen molar-refractivity contribution >= 4 is 45.7 Å². The number of hydrogen-bond donors (Lipinski definition) is 1. The van der Waals surface area contributed by atoms with E-state index in [1.165, 1.54) is 0 Å². The maximum atomic E-state index is 12.7. The van der Waals surface area contributed by atoms with Crippen LogP contribution in [-0.4, -0.2) is 22.4 Å². The van der Waals surface area contributed by atoms with Crippen molar-refractivity contribution in [1.29, 1.82) is 5.26 Å². The highest BCUT2D eigenvalue weighted by atomic mass is 35.5. The van der Waals surface area contributed by atoms with Crippen LogP contribution in [0.25, 0.3) is 39.0 Å². The number of ether oxygens (including phenoxy) is 1. The molecule has 3 aromatic carbocycles. The molecule has 5 aromatic rings. The number of nitriles is 1. The van der Waals surface area contributed by atoms with Crippen molar-refractivity contribution in [3.8, 4) is 39.9 Å². The maximum Gasteiger partial charge on any atom is 0.162 e. The Bertz CT molecular complexity index is 1770. The summed E-state index contributed by atoms with van der Waals surface area (Å²) in [5.41, 5.74) is 12.2. The van der Waals surface area contributed by atoms with E-state index in [-0.39, 0.29) is 17.2 Å². The van der Waals surface area contributed by atoms with Crippen LogP contribution >= 0.6 is 23.2 Å². The first kappa shape index (κ1) is 25.3. The van der Waals surface area contributed by atoms with Crippen LogP contribution in [0, 0.1) is 18.3 Å². The van der Waals surface area contributed by atoms with E-state index in [4.69, 9.17) is 33.7 Å². The molecule has 0 aliphatic heterocycles. The number of aromatic nitrogens is 2. The van der Waals surface area contributed by atoms with Gasteiger partial charge in [-0.25, -0.2) is 4.98 Å². The molecule has 6 nitrogen and oxygen atoms in total. The Morgan fingerprint density at radius 3 is 2.21 bits per heavy atom. The van der Waals surface area contributed by atoms with E-state index < -0.39 is 0 Å². The molecule has 0 unspecified atom stereocenters. The lowest BCUT2D eigenvalue weighted by Gasteiger charge is -2.14. The molecule has 0 amide bonds. The Morgan fingerprint density at radius 1 is 1.00 bits per heavy atom. The molecule has 0 aliphatic carbocycles. The fraction of sp³-hybridized carbons (Fsp3) is 0.100. The predicted molar refractivity (Wildman–Crippen MR) is 152 cm³/mol. The SMILES string of the molecule is COc1cc2c(C(C)=O)c(C)n(-c3ccc(Cl)cc3)c2cc1-c1cc(-c2ccc(Cl)cc2)c(C#N)c(N)n1. The number of nitrogen functional groups attached to an aromatic ring is 1. The predicted octanol–water partition coefficient (Wildman–Crippen LogP) is 7.64. The third kappa shape index (κ3) is 4.26. The summed E-state index contributed by atoms with van der Waals surface area (Å²) in [5, 5.41) is 11.8. The lowest BCUT2D eigenvalue weighted by atomic mass is 9.97. The number of pyridine rings is 1. The number of methoxy groups -OCH3 is 1. The molecule has 188 valence electrons. The molecule has 38 heavy (non-hydrogen) atoms. The summed E-state index contributed by atoms with van der Waals surface area (Å²) in [6.07, 6.45) is 0. The molecule has 2 N–H and O–H groups in total. The van der Waals surface area contributed by atoms with E-state index in [2.05, 4.69) is 11.1 Å². The maximum absolute atomic E-state index is 12.7. The van der Waals surface area contributed by atoms with Crippen LogP contribution in [0.15, 0.2) is 66.7 Å². The molecule has 2 aromatic heterocycles. The Morgan fingerprint density at radius 2 is 1.63 bits per heavy atom. The quantitative estimate of drug-likeness (QED) is 0.231. The standard InChI is InChI=1S/C30H22Cl2N4O2/c1-16-29(17(2)37)24-14-28(38-3)23(13-27(24)36(16)21-10-8-20(32)9-11-21)26-12-22(25(15-33)30(34)35-26)18-4-6-19(31)7-5-18/h4-14H,1-3H3,(H2,34,35). The molecule has 8 heteroatoms. The number of rotatable bonds is 5. The van der Waals surface area contributed by atoms with Crippen LogP contribution in [0.3, 0.4) is 0 Å². The smallest absolute Gasteiger partial charge is 0.162 e. The van der Waals surface area contributed by atoms with Gasteiger partial charge in [0.1, 0.15) is 23.2 Å². The van der Waals surface area contributed by atoms with E-state index in [0.717, 1.165) is 27.8 Å². The van der Waals surface area contributed by atoms with Gasteiger partial charge in [-0.05, 0) is 74.0 Å². The number of ketones is 1. The van der Waals surface area contributed by atoms with Crippen LogP contribution in [0.1, 0.15) is 28.5 Å². The highest BCUT2D eigenvalue weighted by molar-refractivity contribution is 6.31. The number of halogens is 2. The molecular weight excluding hydrogens is 519 g/mol. The van der Waals surface area contributed by atoms with Crippen LogP contribution in [-0.2, 0) is 0 Å². The average molecular weight is 541 g/mol. The number of hydrogen-bond acceptors (Lipinski definition) is 5. The molecule has 0 saturated heterocycles. The second-order valence-corrected chi connectivity index (χ2v) is 9.70. The number of nitrogens with zero attached hydrogens (tertiary/aromatic N) is 3. The minimum Gasteiger partial charge on any atom is -0.496 e. The summed E-state index contributed by atoms with van der Waals surface area (Å²) in [7, 11) is 1.56. The summed E-state index contributed by atoms with van der Waals surface area (Å²) in [6, 6.07) is 22.4. The second kappa shape index (κ2) is 9.86. The van der Waals surface area contributed by atoms with Crippen molar-refractivity contribution in [1.82, 2.24) is 9.55 Å². The first-order valence-electron chi connectivity index (χ1n) is 11.7. The van der Waals surface area contributed by atoms with Crippen molar-refractivity contribution in [3.63, 3.8) is 0 Å². The van der Waals surface area contributed by atoms with Gasteiger partial charge in [0, 0.05) is 43.5 Å². The molecular formula is C30H22Cl2N4O2. The van der Waals surface area contributed by atoms with Crippen molar-refractivity contribution in [2.75, 3.05) is 12.8 Å². The van der Waals surface area contributed by atoms with Gasteiger partial charge >= 0.3 is 0 Å². The molecule has 0 saturated carbocycles. The molecule has 0 fully saturated rings. The fourth-order valence-corrected chi connectivity index (χ4v) is 5.11. The summed E-state index contributed by atoms with van der Waals surface area (Å²) < 4.78 is 7.78. The Balaban J connectivity index is 1.83. The lowest BCUT2D eigenvalue weighted by Crippen LogP contribution is -2.01. The molecule has 2 heterocycles. The fourth-order valence-electron chi connectivity index (χ4n) is 4.85.